The van der Waals surface area contributed by atoms with Gasteiger partial charge in [-0.2, -0.15) is 0 Å². The fraction of sp³-hybridized carbons (Fsp3) is 0.600. The van der Waals surface area contributed by atoms with Crippen LogP contribution in [-0.4, -0.2) is 39.8 Å². The second kappa shape index (κ2) is 6.21. The van der Waals surface area contributed by atoms with E-state index in [0.717, 1.165) is 12.3 Å². The van der Waals surface area contributed by atoms with E-state index in [4.69, 9.17) is 4.74 Å². The summed E-state index contributed by atoms with van der Waals surface area (Å²) in [6.45, 7) is 12.1. The Morgan fingerprint density at radius 2 is 1.78 bits per heavy atom. The van der Waals surface area contributed by atoms with Crippen molar-refractivity contribution < 1.29 is 14.5 Å². The molecule has 2 N–H and O–H groups in total. The maximum absolute atomic E-state index is 5.31. The molecule has 1 saturated heterocycles. The summed E-state index contributed by atoms with van der Waals surface area (Å²) in [5.74, 6) is 0.994. The van der Waals surface area contributed by atoms with Crippen molar-refractivity contribution in [3.63, 3.8) is 0 Å². The molecule has 18 heavy (non-hydrogen) atoms. The van der Waals surface area contributed by atoms with E-state index in [1.54, 1.807) is 16.9 Å². The Morgan fingerprint density at radius 3 is 2.33 bits per heavy atom. The Bertz CT molecular complexity index is 384. The molecule has 0 unspecified atom stereocenters. The summed E-state index contributed by atoms with van der Waals surface area (Å²) in [5.41, 5.74) is 2.68. The lowest BCUT2D eigenvalue weighted by atomic mass is 10.1. The largest absolute Gasteiger partial charge is 0.496 e. The fourth-order valence-electron chi connectivity index (χ4n) is 2.83. The first-order valence-corrected chi connectivity index (χ1v) is 7.03. The van der Waals surface area contributed by atoms with E-state index in [9.17, 15) is 0 Å². The van der Waals surface area contributed by atoms with Crippen molar-refractivity contribution in [2.75, 3.05) is 39.8 Å². The molecule has 3 heteroatoms. The number of piperazine rings is 1. The van der Waals surface area contributed by atoms with Gasteiger partial charge in [0, 0.05) is 5.56 Å². The number of aryl methyl sites for hydroxylation is 1. The summed E-state index contributed by atoms with van der Waals surface area (Å²) in [6, 6.07) is 6.57. The van der Waals surface area contributed by atoms with Gasteiger partial charge in [0.1, 0.15) is 38.5 Å². The molecule has 0 amide bonds. The van der Waals surface area contributed by atoms with Gasteiger partial charge >= 0.3 is 0 Å². The number of likely N-dealkylation sites (N-methyl/N-ethyl adjacent to an activating group) is 1. The molecule has 0 aromatic heterocycles. The Balaban J connectivity index is 1.92. The molecular weight excluding hydrogens is 224 g/mol. The summed E-state index contributed by atoms with van der Waals surface area (Å²) >= 11 is 0. The van der Waals surface area contributed by atoms with E-state index < -0.39 is 0 Å². The Kier molecular flexibility index (Phi) is 4.61. The predicted molar refractivity (Wildman–Crippen MR) is 73.4 cm³/mol. The third kappa shape index (κ3) is 3.24. The number of nitrogens with one attached hydrogen (secondary N) is 2. The van der Waals surface area contributed by atoms with Crippen LogP contribution in [-0.2, 0) is 6.54 Å². The summed E-state index contributed by atoms with van der Waals surface area (Å²) in [5, 5.41) is 0. The van der Waals surface area contributed by atoms with Crippen LogP contribution in [0.2, 0.25) is 0 Å². The minimum absolute atomic E-state index is 0.994. The molecular formula is C15H26N2O+2. The number of methoxy groups -OCH3 is 1. The molecule has 0 bridgehead atoms. The van der Waals surface area contributed by atoms with Crippen molar-refractivity contribution in [3.8, 4) is 5.75 Å². The molecule has 0 radical (unpaired) electrons. The van der Waals surface area contributed by atoms with Gasteiger partial charge in [-0.05, 0) is 37.6 Å². The number of hydrogen-bond donors (Lipinski definition) is 2. The molecule has 3 nitrogen and oxygen atoms in total. The minimum Gasteiger partial charge on any atom is -0.496 e. The van der Waals surface area contributed by atoms with Gasteiger partial charge in [0.05, 0.1) is 13.7 Å². The highest BCUT2D eigenvalue weighted by Gasteiger charge is 2.21. The predicted octanol–water partition coefficient (Wildman–Crippen LogP) is -0.693. The molecule has 0 spiro atoms. The molecule has 0 atom stereocenters. The molecule has 1 fully saturated rings. The standard InChI is InChI=1S/C15H24N2O/c1-4-16-7-9-17(10-8-16)12-14-5-6-15(18-3)13(2)11-14/h5-6,11H,4,7-10,12H2,1-3H3/p+2. The van der Waals surface area contributed by atoms with Crippen LogP contribution in [0.25, 0.3) is 0 Å². The van der Waals surface area contributed by atoms with Gasteiger partial charge in [-0.3, -0.25) is 0 Å². The smallest absolute Gasteiger partial charge is 0.127 e. The molecule has 2 rings (SSSR count). The van der Waals surface area contributed by atoms with E-state index in [-0.39, 0.29) is 0 Å². The van der Waals surface area contributed by atoms with Gasteiger partial charge in [-0.15, -0.1) is 0 Å². The lowest BCUT2D eigenvalue weighted by Gasteiger charge is -2.29. The van der Waals surface area contributed by atoms with Gasteiger partial charge in [-0.25, -0.2) is 0 Å². The molecule has 0 aliphatic carbocycles. The highest BCUT2D eigenvalue weighted by Crippen LogP contribution is 2.17. The highest BCUT2D eigenvalue weighted by atomic mass is 16.5. The minimum atomic E-state index is 0.994. The van der Waals surface area contributed by atoms with Gasteiger partial charge in [0.25, 0.3) is 0 Å². The van der Waals surface area contributed by atoms with Crippen LogP contribution in [0.5, 0.6) is 5.75 Å². The quantitative estimate of drug-likeness (QED) is 0.724. The van der Waals surface area contributed by atoms with Gasteiger partial charge in [0.2, 0.25) is 0 Å². The van der Waals surface area contributed by atoms with Crippen molar-refractivity contribution in [3.05, 3.63) is 29.3 Å². The second-order valence-electron chi connectivity index (χ2n) is 5.33. The zero-order chi connectivity index (χ0) is 13.0. The zero-order valence-corrected chi connectivity index (χ0v) is 11.9. The van der Waals surface area contributed by atoms with Crippen LogP contribution >= 0.6 is 0 Å². The van der Waals surface area contributed by atoms with Crippen molar-refractivity contribution in [1.82, 2.24) is 0 Å². The zero-order valence-electron chi connectivity index (χ0n) is 11.9. The number of rotatable bonds is 4. The molecule has 0 saturated carbocycles. The van der Waals surface area contributed by atoms with Gasteiger partial charge in [-0.1, -0.05) is 0 Å². The van der Waals surface area contributed by atoms with Crippen LogP contribution < -0.4 is 14.5 Å². The highest BCUT2D eigenvalue weighted by molar-refractivity contribution is 5.35. The molecule has 1 heterocycles. The lowest BCUT2D eigenvalue weighted by molar-refractivity contribution is -1.02. The van der Waals surface area contributed by atoms with E-state index >= 15 is 0 Å². The number of hydrogen-bond acceptors (Lipinski definition) is 1. The third-order valence-corrected chi connectivity index (χ3v) is 4.08. The molecule has 1 aliphatic heterocycles. The average molecular weight is 250 g/mol. The monoisotopic (exact) mass is 250 g/mol. The molecule has 1 aromatic rings. The van der Waals surface area contributed by atoms with E-state index in [0.29, 0.717) is 0 Å². The van der Waals surface area contributed by atoms with Crippen molar-refractivity contribution >= 4 is 0 Å². The average Bonchev–Trinajstić information content (AvgIpc) is 2.40. The maximum atomic E-state index is 5.31. The Morgan fingerprint density at radius 1 is 1.11 bits per heavy atom. The van der Waals surface area contributed by atoms with Crippen LogP contribution in [0, 0.1) is 6.92 Å². The third-order valence-electron chi connectivity index (χ3n) is 4.08. The van der Waals surface area contributed by atoms with Crippen molar-refractivity contribution in [2.45, 2.75) is 20.4 Å². The van der Waals surface area contributed by atoms with Crippen LogP contribution in [0.4, 0.5) is 0 Å². The summed E-state index contributed by atoms with van der Waals surface area (Å²) in [7, 11) is 1.74. The lowest BCUT2D eigenvalue weighted by Crippen LogP contribution is -3.27. The van der Waals surface area contributed by atoms with Crippen molar-refractivity contribution in [1.29, 1.82) is 0 Å². The summed E-state index contributed by atoms with van der Waals surface area (Å²) in [4.78, 5) is 3.47. The van der Waals surface area contributed by atoms with Crippen molar-refractivity contribution in [2.24, 2.45) is 0 Å². The van der Waals surface area contributed by atoms with E-state index in [1.807, 2.05) is 0 Å². The van der Waals surface area contributed by atoms with Crippen LogP contribution in [0.3, 0.4) is 0 Å². The first-order valence-electron chi connectivity index (χ1n) is 7.03. The molecule has 100 valence electrons. The second-order valence-corrected chi connectivity index (χ2v) is 5.33. The molecule has 1 aliphatic rings. The number of ether oxygens (including phenoxy) is 1. The van der Waals surface area contributed by atoms with E-state index in [2.05, 4.69) is 32.0 Å². The topological polar surface area (TPSA) is 18.1 Å². The van der Waals surface area contributed by atoms with Gasteiger partial charge in [0.15, 0.2) is 0 Å². The number of benzene rings is 1. The van der Waals surface area contributed by atoms with E-state index in [1.165, 1.54) is 43.9 Å². The first kappa shape index (κ1) is 13.4. The normalized spacial score (nSPS) is 23.9. The Labute approximate surface area is 110 Å². The summed E-state index contributed by atoms with van der Waals surface area (Å²) < 4.78 is 5.31. The Hall–Kier alpha value is -1.06. The fourth-order valence-corrected chi connectivity index (χ4v) is 2.83. The first-order chi connectivity index (χ1) is 8.72. The molecule has 1 aromatic carbocycles. The number of quaternary nitrogens is 2. The maximum Gasteiger partial charge on any atom is 0.127 e. The SMILES string of the molecule is CC[NH+]1CC[NH+](Cc2ccc(OC)c(C)c2)CC1. The van der Waals surface area contributed by atoms with Crippen LogP contribution in [0.1, 0.15) is 18.1 Å². The van der Waals surface area contributed by atoms with Gasteiger partial charge < -0.3 is 14.5 Å². The summed E-state index contributed by atoms with van der Waals surface area (Å²) in [6.07, 6.45) is 0. The van der Waals surface area contributed by atoms with Crippen LogP contribution in [0.15, 0.2) is 18.2 Å².